The topological polar surface area (TPSA) is 50.4 Å². The van der Waals surface area contributed by atoms with Crippen LogP contribution in [-0.2, 0) is 22.4 Å². The van der Waals surface area contributed by atoms with E-state index in [0.29, 0.717) is 13.2 Å². The molecule has 19 heavy (non-hydrogen) atoms. The van der Waals surface area contributed by atoms with Crippen molar-refractivity contribution >= 4 is 11.6 Å². The van der Waals surface area contributed by atoms with Gasteiger partial charge in [0.1, 0.15) is 0 Å². The van der Waals surface area contributed by atoms with Crippen LogP contribution in [0.4, 0.5) is 5.69 Å². The van der Waals surface area contributed by atoms with Crippen LogP contribution in [0, 0.1) is 0 Å². The van der Waals surface area contributed by atoms with Gasteiger partial charge in [0.05, 0.1) is 12.6 Å². The van der Waals surface area contributed by atoms with Crippen LogP contribution in [-0.4, -0.2) is 32.2 Å². The lowest BCUT2D eigenvalue weighted by Crippen LogP contribution is -2.39. The fourth-order valence-corrected chi connectivity index (χ4v) is 2.37. The van der Waals surface area contributed by atoms with E-state index in [1.54, 1.807) is 7.11 Å². The van der Waals surface area contributed by atoms with Crippen molar-refractivity contribution in [3.63, 3.8) is 0 Å². The van der Waals surface area contributed by atoms with Crippen molar-refractivity contribution < 1.29 is 9.53 Å². The number of carbonyl (C=O) groups is 1. The molecule has 1 atom stereocenters. The Labute approximate surface area is 114 Å². The van der Waals surface area contributed by atoms with Gasteiger partial charge in [0.25, 0.3) is 0 Å². The molecule has 4 nitrogen and oxygen atoms in total. The van der Waals surface area contributed by atoms with Crippen molar-refractivity contribution in [1.29, 1.82) is 0 Å². The molecule has 104 valence electrons. The van der Waals surface area contributed by atoms with E-state index in [9.17, 15) is 4.79 Å². The van der Waals surface area contributed by atoms with Gasteiger partial charge < -0.3 is 15.4 Å². The largest absolute Gasteiger partial charge is 0.383 e. The summed E-state index contributed by atoms with van der Waals surface area (Å²) in [5, 5.41) is 6.07. The average molecular weight is 262 g/mol. The minimum Gasteiger partial charge on any atom is -0.383 e. The molecule has 1 aliphatic carbocycles. The number of hydrogen-bond donors (Lipinski definition) is 2. The highest BCUT2D eigenvalue weighted by Crippen LogP contribution is 2.24. The first kappa shape index (κ1) is 14.0. The molecule has 2 rings (SSSR count). The summed E-state index contributed by atoms with van der Waals surface area (Å²) in [6.07, 6.45) is 3.51. The molecule has 4 heteroatoms. The Morgan fingerprint density at radius 1 is 1.37 bits per heavy atom. The van der Waals surface area contributed by atoms with Crippen molar-refractivity contribution in [1.82, 2.24) is 5.32 Å². The van der Waals surface area contributed by atoms with Crippen molar-refractivity contribution in [2.24, 2.45) is 0 Å². The van der Waals surface area contributed by atoms with Gasteiger partial charge in [-0.05, 0) is 49.4 Å². The molecule has 0 bridgehead atoms. The summed E-state index contributed by atoms with van der Waals surface area (Å²) in [5.74, 6) is -0.00551. The number of aryl methyl sites for hydroxylation is 2. The molecule has 0 spiro atoms. The molecular weight excluding hydrogens is 240 g/mol. The van der Waals surface area contributed by atoms with Gasteiger partial charge in [0, 0.05) is 19.3 Å². The Kier molecular flexibility index (Phi) is 4.93. The normalized spacial score (nSPS) is 15.1. The van der Waals surface area contributed by atoms with Gasteiger partial charge in [-0.2, -0.15) is 0 Å². The zero-order valence-corrected chi connectivity index (χ0v) is 11.7. The predicted molar refractivity (Wildman–Crippen MR) is 76.4 cm³/mol. The number of ether oxygens (including phenoxy) is 1. The molecule has 1 aromatic rings. The second kappa shape index (κ2) is 6.68. The molecule has 0 radical (unpaired) electrons. The highest BCUT2D eigenvalue weighted by molar-refractivity contribution is 5.94. The number of amides is 1. The number of fused-ring (bicyclic) bond motifs is 1. The molecule has 0 heterocycles. The standard InChI is InChI=1S/C15H22N2O2/c1-11(16-8-9-19-2)15(18)17-14-7-6-12-4-3-5-13(12)10-14/h6-7,10-11,16H,3-5,8-9H2,1-2H3,(H,17,18)/t11-/m1/s1. The molecule has 0 saturated heterocycles. The number of carbonyl (C=O) groups excluding carboxylic acids is 1. The Morgan fingerprint density at radius 2 is 2.16 bits per heavy atom. The SMILES string of the molecule is COCCN[C@H](C)C(=O)Nc1ccc2c(c1)CCC2. The highest BCUT2D eigenvalue weighted by Gasteiger charge is 2.14. The Balaban J connectivity index is 1.88. The van der Waals surface area contributed by atoms with E-state index < -0.39 is 0 Å². The summed E-state index contributed by atoms with van der Waals surface area (Å²) in [7, 11) is 1.65. The zero-order chi connectivity index (χ0) is 13.7. The molecule has 0 unspecified atom stereocenters. The van der Waals surface area contributed by atoms with Crippen LogP contribution in [0.25, 0.3) is 0 Å². The molecule has 0 saturated carbocycles. The maximum absolute atomic E-state index is 12.0. The second-order valence-electron chi connectivity index (χ2n) is 4.99. The zero-order valence-electron chi connectivity index (χ0n) is 11.7. The Bertz CT molecular complexity index is 446. The summed E-state index contributed by atoms with van der Waals surface area (Å²) in [6.45, 7) is 3.14. The van der Waals surface area contributed by atoms with Gasteiger partial charge in [-0.15, -0.1) is 0 Å². The van der Waals surface area contributed by atoms with Gasteiger partial charge in [0.2, 0.25) is 5.91 Å². The van der Waals surface area contributed by atoms with Crippen LogP contribution in [0.5, 0.6) is 0 Å². The lowest BCUT2D eigenvalue weighted by atomic mass is 10.1. The molecule has 0 aromatic heterocycles. The predicted octanol–water partition coefficient (Wildman–Crippen LogP) is 1.74. The third-order valence-corrected chi connectivity index (χ3v) is 3.52. The number of methoxy groups -OCH3 is 1. The summed E-state index contributed by atoms with van der Waals surface area (Å²) < 4.78 is 4.95. The first-order valence-corrected chi connectivity index (χ1v) is 6.85. The fourth-order valence-electron chi connectivity index (χ4n) is 2.37. The van der Waals surface area contributed by atoms with Crippen LogP contribution >= 0.6 is 0 Å². The highest BCUT2D eigenvalue weighted by atomic mass is 16.5. The Hall–Kier alpha value is -1.39. The fraction of sp³-hybridized carbons (Fsp3) is 0.533. The third-order valence-electron chi connectivity index (χ3n) is 3.52. The number of nitrogens with one attached hydrogen (secondary N) is 2. The number of anilines is 1. The van der Waals surface area contributed by atoms with Crippen LogP contribution in [0.2, 0.25) is 0 Å². The number of benzene rings is 1. The Morgan fingerprint density at radius 3 is 2.95 bits per heavy atom. The quantitative estimate of drug-likeness (QED) is 0.768. The maximum atomic E-state index is 12.0. The van der Waals surface area contributed by atoms with Gasteiger partial charge in [-0.1, -0.05) is 6.07 Å². The van der Waals surface area contributed by atoms with Gasteiger partial charge in [-0.25, -0.2) is 0 Å². The van der Waals surface area contributed by atoms with Crippen molar-refractivity contribution in [2.75, 3.05) is 25.6 Å². The van der Waals surface area contributed by atoms with E-state index in [0.717, 1.165) is 12.1 Å². The van der Waals surface area contributed by atoms with E-state index >= 15 is 0 Å². The lowest BCUT2D eigenvalue weighted by molar-refractivity contribution is -0.117. The smallest absolute Gasteiger partial charge is 0.241 e. The van der Waals surface area contributed by atoms with Crippen LogP contribution in [0.15, 0.2) is 18.2 Å². The molecule has 1 aliphatic rings. The summed E-state index contributed by atoms with van der Waals surface area (Å²) >= 11 is 0. The van der Waals surface area contributed by atoms with Crippen LogP contribution < -0.4 is 10.6 Å². The first-order chi connectivity index (χ1) is 9.20. The van der Waals surface area contributed by atoms with E-state index in [1.165, 1.54) is 24.0 Å². The summed E-state index contributed by atoms with van der Waals surface area (Å²) in [5.41, 5.74) is 3.69. The lowest BCUT2D eigenvalue weighted by Gasteiger charge is -2.14. The molecule has 1 amide bonds. The number of hydrogen-bond acceptors (Lipinski definition) is 3. The summed E-state index contributed by atoms with van der Waals surface area (Å²) in [4.78, 5) is 12.0. The third kappa shape index (κ3) is 3.78. The van der Waals surface area contributed by atoms with E-state index in [1.807, 2.05) is 13.0 Å². The van der Waals surface area contributed by atoms with Crippen LogP contribution in [0.3, 0.4) is 0 Å². The van der Waals surface area contributed by atoms with Gasteiger partial charge in [0.15, 0.2) is 0 Å². The van der Waals surface area contributed by atoms with Crippen molar-refractivity contribution in [2.45, 2.75) is 32.2 Å². The summed E-state index contributed by atoms with van der Waals surface area (Å²) in [6, 6.07) is 6.00. The van der Waals surface area contributed by atoms with Gasteiger partial charge >= 0.3 is 0 Å². The second-order valence-corrected chi connectivity index (χ2v) is 4.99. The monoisotopic (exact) mass is 262 g/mol. The van der Waals surface area contributed by atoms with Crippen molar-refractivity contribution in [3.8, 4) is 0 Å². The van der Waals surface area contributed by atoms with E-state index in [-0.39, 0.29) is 11.9 Å². The molecule has 1 aromatic carbocycles. The van der Waals surface area contributed by atoms with Crippen molar-refractivity contribution in [3.05, 3.63) is 29.3 Å². The van der Waals surface area contributed by atoms with E-state index in [2.05, 4.69) is 22.8 Å². The maximum Gasteiger partial charge on any atom is 0.241 e. The molecule has 0 aliphatic heterocycles. The van der Waals surface area contributed by atoms with Crippen LogP contribution in [0.1, 0.15) is 24.5 Å². The molecular formula is C15H22N2O2. The average Bonchev–Trinajstić information content (AvgIpc) is 2.86. The minimum atomic E-state index is -0.219. The first-order valence-electron chi connectivity index (χ1n) is 6.85. The van der Waals surface area contributed by atoms with E-state index in [4.69, 9.17) is 4.74 Å². The molecule has 2 N–H and O–H groups in total. The molecule has 0 fully saturated rings. The van der Waals surface area contributed by atoms with Gasteiger partial charge in [-0.3, -0.25) is 4.79 Å². The minimum absolute atomic E-state index is 0.00551. The number of rotatable bonds is 6.